The van der Waals surface area contributed by atoms with Gasteiger partial charge in [-0.1, -0.05) is 0 Å². The number of nitrogens with zero attached hydrogens (tertiary/aromatic N) is 1. The number of halogens is 1. The van der Waals surface area contributed by atoms with Crippen LogP contribution < -0.4 is 20.3 Å². The molecule has 0 fully saturated rings. The van der Waals surface area contributed by atoms with Crippen LogP contribution in [0.4, 0.5) is 5.82 Å². The molecule has 1 aromatic heterocycles. The van der Waals surface area contributed by atoms with Gasteiger partial charge in [-0.3, -0.25) is 4.79 Å². The van der Waals surface area contributed by atoms with Crippen LogP contribution >= 0.6 is 15.9 Å². The highest BCUT2D eigenvalue weighted by Gasteiger charge is 2.08. The standard InChI is InChI=1S/C13H14BrN3O3/c1-19-9-4-3-8(10(5-9)20-2)6-15-12-11(14)13(18)17-7-16-12/h3-5,7H,6H2,1-2H3,(H2,15,16,17,18). The Balaban J connectivity index is 2.18. The molecule has 20 heavy (non-hydrogen) atoms. The number of H-pyrrole nitrogens is 1. The van der Waals surface area contributed by atoms with E-state index in [0.29, 0.717) is 22.6 Å². The molecule has 106 valence electrons. The lowest BCUT2D eigenvalue weighted by Crippen LogP contribution is -2.12. The zero-order valence-corrected chi connectivity index (χ0v) is 12.7. The van der Waals surface area contributed by atoms with E-state index in [2.05, 4.69) is 31.2 Å². The molecule has 0 saturated carbocycles. The zero-order chi connectivity index (χ0) is 14.5. The van der Waals surface area contributed by atoms with Crippen LogP contribution in [0.2, 0.25) is 0 Å². The Morgan fingerprint density at radius 3 is 2.85 bits per heavy atom. The Morgan fingerprint density at radius 1 is 1.35 bits per heavy atom. The number of aromatic amines is 1. The van der Waals surface area contributed by atoms with Gasteiger partial charge in [0.05, 0.1) is 20.5 Å². The highest BCUT2D eigenvalue weighted by molar-refractivity contribution is 9.10. The SMILES string of the molecule is COc1ccc(CNc2nc[nH]c(=O)c2Br)c(OC)c1. The van der Waals surface area contributed by atoms with Crippen LogP contribution in [0, 0.1) is 0 Å². The number of aromatic nitrogens is 2. The molecular weight excluding hydrogens is 326 g/mol. The van der Waals surface area contributed by atoms with E-state index in [-0.39, 0.29) is 5.56 Å². The third kappa shape index (κ3) is 3.11. The molecular formula is C13H14BrN3O3. The van der Waals surface area contributed by atoms with Crippen LogP contribution in [-0.4, -0.2) is 24.2 Å². The maximum atomic E-state index is 11.4. The van der Waals surface area contributed by atoms with Crippen molar-refractivity contribution >= 4 is 21.7 Å². The van der Waals surface area contributed by atoms with Crippen molar-refractivity contribution in [2.24, 2.45) is 0 Å². The lowest BCUT2D eigenvalue weighted by atomic mass is 10.2. The molecule has 0 bridgehead atoms. The molecule has 0 unspecified atom stereocenters. The van der Waals surface area contributed by atoms with Crippen LogP contribution in [0.1, 0.15) is 5.56 Å². The minimum Gasteiger partial charge on any atom is -0.497 e. The molecule has 2 N–H and O–H groups in total. The van der Waals surface area contributed by atoms with Gasteiger partial charge < -0.3 is 19.8 Å². The second-order valence-corrected chi connectivity index (χ2v) is 4.72. The second kappa shape index (κ2) is 6.42. The van der Waals surface area contributed by atoms with E-state index in [9.17, 15) is 4.79 Å². The highest BCUT2D eigenvalue weighted by atomic mass is 79.9. The van der Waals surface area contributed by atoms with Crippen LogP contribution in [0.15, 0.2) is 33.8 Å². The minimum atomic E-state index is -0.232. The smallest absolute Gasteiger partial charge is 0.267 e. The fraction of sp³-hybridized carbons (Fsp3) is 0.231. The molecule has 7 heteroatoms. The van der Waals surface area contributed by atoms with Crippen LogP contribution in [0.3, 0.4) is 0 Å². The van der Waals surface area contributed by atoms with Gasteiger partial charge in [-0.05, 0) is 28.1 Å². The van der Waals surface area contributed by atoms with Crippen LogP contribution in [0.25, 0.3) is 0 Å². The number of anilines is 1. The van der Waals surface area contributed by atoms with E-state index < -0.39 is 0 Å². The molecule has 0 atom stereocenters. The molecule has 6 nitrogen and oxygen atoms in total. The number of methoxy groups -OCH3 is 2. The first-order valence-corrected chi connectivity index (χ1v) is 6.63. The Morgan fingerprint density at radius 2 is 2.15 bits per heavy atom. The summed E-state index contributed by atoms with van der Waals surface area (Å²) in [6.07, 6.45) is 1.35. The van der Waals surface area contributed by atoms with Gasteiger partial charge >= 0.3 is 0 Å². The fourth-order valence-electron chi connectivity index (χ4n) is 1.68. The molecule has 0 spiro atoms. The quantitative estimate of drug-likeness (QED) is 0.872. The summed E-state index contributed by atoms with van der Waals surface area (Å²) in [5, 5.41) is 3.08. The van der Waals surface area contributed by atoms with Crippen molar-refractivity contribution < 1.29 is 9.47 Å². The number of ether oxygens (including phenoxy) is 2. The molecule has 0 amide bonds. The molecule has 0 aliphatic rings. The van der Waals surface area contributed by atoms with Gasteiger partial charge in [0.2, 0.25) is 0 Å². The van der Waals surface area contributed by atoms with Crippen LogP contribution in [0.5, 0.6) is 11.5 Å². The van der Waals surface area contributed by atoms with Gasteiger partial charge in [-0.15, -0.1) is 0 Å². The Bertz CT molecular complexity index is 658. The van der Waals surface area contributed by atoms with Gasteiger partial charge in [-0.25, -0.2) is 4.98 Å². The van der Waals surface area contributed by atoms with E-state index in [1.807, 2.05) is 12.1 Å². The second-order valence-electron chi connectivity index (χ2n) is 3.93. The van der Waals surface area contributed by atoms with Crippen molar-refractivity contribution in [3.63, 3.8) is 0 Å². The Labute approximate surface area is 124 Å². The number of hydrogen-bond acceptors (Lipinski definition) is 5. The van der Waals surface area contributed by atoms with Crippen molar-refractivity contribution in [1.82, 2.24) is 9.97 Å². The average Bonchev–Trinajstić information content (AvgIpc) is 2.48. The highest BCUT2D eigenvalue weighted by Crippen LogP contribution is 2.25. The average molecular weight is 340 g/mol. The van der Waals surface area contributed by atoms with E-state index >= 15 is 0 Å². The predicted molar refractivity (Wildman–Crippen MR) is 79.4 cm³/mol. The zero-order valence-electron chi connectivity index (χ0n) is 11.1. The van der Waals surface area contributed by atoms with Crippen LogP contribution in [-0.2, 0) is 6.54 Å². The number of rotatable bonds is 5. The van der Waals surface area contributed by atoms with Crippen molar-refractivity contribution in [1.29, 1.82) is 0 Å². The summed E-state index contributed by atoms with van der Waals surface area (Å²) < 4.78 is 10.8. The molecule has 0 radical (unpaired) electrons. The van der Waals surface area contributed by atoms with Gasteiger partial charge in [0.1, 0.15) is 21.8 Å². The lowest BCUT2D eigenvalue weighted by molar-refractivity contribution is 0.391. The normalized spacial score (nSPS) is 10.2. The van der Waals surface area contributed by atoms with Gasteiger partial charge in [0.15, 0.2) is 0 Å². The molecule has 2 aromatic rings. The number of benzene rings is 1. The minimum absolute atomic E-state index is 0.232. The lowest BCUT2D eigenvalue weighted by Gasteiger charge is -2.12. The summed E-state index contributed by atoms with van der Waals surface area (Å²) in [5.41, 5.74) is 0.700. The summed E-state index contributed by atoms with van der Waals surface area (Å²) in [4.78, 5) is 18.0. The topological polar surface area (TPSA) is 76.2 Å². The van der Waals surface area contributed by atoms with Crippen molar-refractivity contribution in [3.05, 3.63) is 44.9 Å². The first-order chi connectivity index (χ1) is 9.65. The third-order valence-electron chi connectivity index (χ3n) is 2.74. The predicted octanol–water partition coefficient (Wildman–Crippen LogP) is 2.16. The van der Waals surface area contributed by atoms with E-state index in [4.69, 9.17) is 9.47 Å². The maximum Gasteiger partial charge on any atom is 0.267 e. The first kappa shape index (κ1) is 14.4. The first-order valence-electron chi connectivity index (χ1n) is 5.83. The summed E-state index contributed by atoms with van der Waals surface area (Å²) in [5.74, 6) is 1.91. The fourth-order valence-corrected chi connectivity index (χ4v) is 2.04. The van der Waals surface area contributed by atoms with Gasteiger partial charge in [-0.2, -0.15) is 0 Å². The third-order valence-corrected chi connectivity index (χ3v) is 3.47. The summed E-state index contributed by atoms with van der Waals surface area (Å²) in [7, 11) is 3.20. The Hall–Kier alpha value is -2.02. The molecule has 0 saturated heterocycles. The molecule has 1 heterocycles. The summed E-state index contributed by atoms with van der Waals surface area (Å²) in [6.45, 7) is 0.474. The molecule has 2 rings (SSSR count). The van der Waals surface area contributed by atoms with E-state index in [0.717, 1.165) is 11.3 Å². The molecule has 1 aromatic carbocycles. The largest absolute Gasteiger partial charge is 0.497 e. The summed E-state index contributed by atoms with van der Waals surface area (Å²) in [6, 6.07) is 5.54. The monoisotopic (exact) mass is 339 g/mol. The van der Waals surface area contributed by atoms with E-state index in [1.165, 1.54) is 6.33 Å². The van der Waals surface area contributed by atoms with Crippen molar-refractivity contribution in [2.45, 2.75) is 6.54 Å². The van der Waals surface area contributed by atoms with Gasteiger partial charge in [0, 0.05) is 18.2 Å². The van der Waals surface area contributed by atoms with Crippen molar-refractivity contribution in [3.8, 4) is 11.5 Å². The number of nitrogens with one attached hydrogen (secondary N) is 2. The maximum absolute atomic E-state index is 11.4. The molecule has 0 aliphatic carbocycles. The molecule has 0 aliphatic heterocycles. The van der Waals surface area contributed by atoms with Crippen molar-refractivity contribution in [2.75, 3.05) is 19.5 Å². The van der Waals surface area contributed by atoms with Gasteiger partial charge in [0.25, 0.3) is 5.56 Å². The number of hydrogen-bond donors (Lipinski definition) is 2. The Kier molecular flexibility index (Phi) is 4.62. The van der Waals surface area contributed by atoms with E-state index in [1.54, 1.807) is 20.3 Å². The summed E-state index contributed by atoms with van der Waals surface area (Å²) >= 11 is 3.19.